The van der Waals surface area contributed by atoms with Gasteiger partial charge in [-0.3, -0.25) is 19.7 Å². The fourth-order valence-electron chi connectivity index (χ4n) is 3.97. The number of aryl methyl sites for hydroxylation is 1. The third-order valence-electron chi connectivity index (χ3n) is 5.71. The van der Waals surface area contributed by atoms with Crippen LogP contribution in [0, 0.1) is 23.0 Å². The van der Waals surface area contributed by atoms with E-state index in [1.165, 1.54) is 12.1 Å². The standard InChI is InChI=1S/C20H28N4O5/c1-14-2-3-17(18(12-14)24(27)28)22-20(26)19(25)21-13-15-4-8-23(9-5-15)16-6-10-29-11-7-16/h2-3,12,15-16H,4-11,13H2,1H3,(H,21,25)(H,22,26). The quantitative estimate of drug-likeness (QED) is 0.440. The second kappa shape index (κ2) is 9.80. The predicted octanol–water partition coefficient (Wildman–Crippen LogP) is 1.85. The molecular formula is C20H28N4O5. The number of nitrogens with one attached hydrogen (secondary N) is 2. The van der Waals surface area contributed by atoms with Crippen molar-refractivity contribution in [2.45, 2.75) is 38.6 Å². The molecule has 0 aliphatic carbocycles. The molecule has 2 amide bonds. The van der Waals surface area contributed by atoms with Gasteiger partial charge in [0.2, 0.25) is 0 Å². The van der Waals surface area contributed by atoms with E-state index in [1.54, 1.807) is 13.0 Å². The summed E-state index contributed by atoms with van der Waals surface area (Å²) in [6, 6.07) is 5.03. The number of amides is 2. The van der Waals surface area contributed by atoms with Gasteiger partial charge in [0, 0.05) is 31.9 Å². The lowest BCUT2D eigenvalue weighted by atomic mass is 9.94. The Hall–Kier alpha value is -2.52. The summed E-state index contributed by atoms with van der Waals surface area (Å²) in [6.07, 6.45) is 4.10. The van der Waals surface area contributed by atoms with Gasteiger partial charge in [-0.1, -0.05) is 6.07 Å². The number of nitrogens with zero attached hydrogens (tertiary/aromatic N) is 2. The second-order valence-electron chi connectivity index (χ2n) is 7.76. The molecule has 2 saturated heterocycles. The molecular weight excluding hydrogens is 376 g/mol. The summed E-state index contributed by atoms with van der Waals surface area (Å²) >= 11 is 0. The highest BCUT2D eigenvalue weighted by Gasteiger charge is 2.27. The number of rotatable bonds is 5. The highest BCUT2D eigenvalue weighted by Crippen LogP contribution is 2.25. The number of ether oxygens (including phenoxy) is 1. The van der Waals surface area contributed by atoms with Gasteiger partial charge in [0.25, 0.3) is 5.69 Å². The van der Waals surface area contributed by atoms with E-state index in [0.717, 1.165) is 52.0 Å². The van der Waals surface area contributed by atoms with Gasteiger partial charge in [-0.2, -0.15) is 0 Å². The lowest BCUT2D eigenvalue weighted by Crippen LogP contribution is -2.46. The number of anilines is 1. The van der Waals surface area contributed by atoms with Crippen LogP contribution < -0.4 is 10.6 Å². The van der Waals surface area contributed by atoms with Crippen molar-refractivity contribution in [2.24, 2.45) is 5.92 Å². The maximum absolute atomic E-state index is 12.1. The summed E-state index contributed by atoms with van der Waals surface area (Å²) in [5.74, 6) is -1.33. The van der Waals surface area contributed by atoms with Crippen LogP contribution in [0.4, 0.5) is 11.4 Å². The molecule has 0 atom stereocenters. The predicted molar refractivity (Wildman–Crippen MR) is 108 cm³/mol. The van der Waals surface area contributed by atoms with Crippen molar-refractivity contribution in [3.05, 3.63) is 33.9 Å². The Balaban J connectivity index is 1.44. The number of benzene rings is 1. The van der Waals surface area contributed by atoms with Gasteiger partial charge in [0.15, 0.2) is 0 Å². The van der Waals surface area contributed by atoms with Gasteiger partial charge in [-0.25, -0.2) is 0 Å². The fourth-order valence-corrected chi connectivity index (χ4v) is 3.97. The summed E-state index contributed by atoms with van der Waals surface area (Å²) in [6.45, 7) is 5.80. The molecule has 0 spiro atoms. The van der Waals surface area contributed by atoms with Crippen molar-refractivity contribution >= 4 is 23.2 Å². The maximum Gasteiger partial charge on any atom is 0.313 e. The van der Waals surface area contributed by atoms with Gasteiger partial charge >= 0.3 is 11.8 Å². The molecule has 2 aliphatic heterocycles. The average molecular weight is 404 g/mol. The largest absolute Gasteiger partial charge is 0.381 e. The van der Waals surface area contributed by atoms with Crippen molar-refractivity contribution in [1.29, 1.82) is 0 Å². The molecule has 29 heavy (non-hydrogen) atoms. The lowest BCUT2D eigenvalue weighted by Gasteiger charge is -2.39. The number of carbonyl (C=O) groups excluding carboxylic acids is 2. The molecule has 2 fully saturated rings. The van der Waals surface area contributed by atoms with E-state index in [2.05, 4.69) is 15.5 Å². The normalized spacial score (nSPS) is 18.9. The molecule has 0 radical (unpaired) electrons. The molecule has 2 aliphatic rings. The van der Waals surface area contributed by atoms with Crippen molar-refractivity contribution in [1.82, 2.24) is 10.2 Å². The van der Waals surface area contributed by atoms with Crippen LogP contribution in [0.2, 0.25) is 0 Å². The topological polar surface area (TPSA) is 114 Å². The van der Waals surface area contributed by atoms with Gasteiger partial charge in [0.05, 0.1) is 4.92 Å². The third kappa shape index (κ3) is 5.74. The Morgan fingerprint density at radius 1 is 1.17 bits per heavy atom. The second-order valence-corrected chi connectivity index (χ2v) is 7.76. The minimum atomic E-state index is -0.892. The molecule has 1 aromatic carbocycles. The molecule has 9 heteroatoms. The molecule has 2 heterocycles. The monoisotopic (exact) mass is 404 g/mol. The van der Waals surface area contributed by atoms with E-state index in [-0.39, 0.29) is 11.4 Å². The first-order valence-corrected chi connectivity index (χ1v) is 10.1. The summed E-state index contributed by atoms with van der Waals surface area (Å²) in [5, 5.41) is 16.2. The van der Waals surface area contributed by atoms with E-state index >= 15 is 0 Å². The summed E-state index contributed by atoms with van der Waals surface area (Å²) in [7, 11) is 0. The summed E-state index contributed by atoms with van der Waals surface area (Å²) < 4.78 is 5.42. The third-order valence-corrected chi connectivity index (χ3v) is 5.71. The Morgan fingerprint density at radius 2 is 1.86 bits per heavy atom. The van der Waals surface area contributed by atoms with E-state index < -0.39 is 16.7 Å². The van der Waals surface area contributed by atoms with Gasteiger partial charge < -0.3 is 20.3 Å². The first-order chi connectivity index (χ1) is 13.9. The minimum absolute atomic E-state index is 0.0190. The Bertz CT molecular complexity index is 755. The Kier molecular flexibility index (Phi) is 7.16. The van der Waals surface area contributed by atoms with E-state index in [9.17, 15) is 19.7 Å². The van der Waals surface area contributed by atoms with Crippen LogP contribution in [0.3, 0.4) is 0 Å². The molecule has 9 nitrogen and oxygen atoms in total. The van der Waals surface area contributed by atoms with Crippen LogP contribution >= 0.6 is 0 Å². The Morgan fingerprint density at radius 3 is 2.52 bits per heavy atom. The number of hydrogen-bond donors (Lipinski definition) is 2. The zero-order chi connectivity index (χ0) is 20.8. The van der Waals surface area contributed by atoms with Crippen LogP contribution in [-0.4, -0.2) is 60.5 Å². The van der Waals surface area contributed by atoms with E-state index in [0.29, 0.717) is 24.1 Å². The Labute approximate surface area is 169 Å². The summed E-state index contributed by atoms with van der Waals surface area (Å²) in [4.78, 5) is 37.3. The molecule has 0 aromatic heterocycles. The molecule has 1 aromatic rings. The van der Waals surface area contributed by atoms with Crippen LogP contribution in [0.25, 0.3) is 0 Å². The molecule has 0 saturated carbocycles. The highest BCUT2D eigenvalue weighted by atomic mass is 16.6. The number of hydrogen-bond acceptors (Lipinski definition) is 6. The average Bonchev–Trinajstić information content (AvgIpc) is 2.74. The number of nitro benzene ring substituents is 1. The van der Waals surface area contributed by atoms with Gasteiger partial charge in [-0.05, 0) is 63.2 Å². The van der Waals surface area contributed by atoms with Crippen LogP contribution in [0.15, 0.2) is 18.2 Å². The first-order valence-electron chi connectivity index (χ1n) is 10.1. The smallest absolute Gasteiger partial charge is 0.313 e. The van der Waals surface area contributed by atoms with Gasteiger partial charge in [-0.15, -0.1) is 0 Å². The SMILES string of the molecule is Cc1ccc(NC(=O)C(=O)NCC2CCN(C3CCOCC3)CC2)c([N+](=O)[O-])c1. The fraction of sp³-hybridized carbons (Fsp3) is 0.600. The zero-order valence-electron chi connectivity index (χ0n) is 16.7. The highest BCUT2D eigenvalue weighted by molar-refractivity contribution is 6.39. The lowest BCUT2D eigenvalue weighted by molar-refractivity contribution is -0.384. The van der Waals surface area contributed by atoms with Gasteiger partial charge in [0.1, 0.15) is 5.69 Å². The summed E-state index contributed by atoms with van der Waals surface area (Å²) in [5.41, 5.74) is 0.489. The molecule has 0 unspecified atom stereocenters. The molecule has 0 bridgehead atoms. The van der Waals surface area contributed by atoms with Crippen molar-refractivity contribution in [2.75, 3.05) is 38.2 Å². The van der Waals surface area contributed by atoms with Crippen LogP contribution in [-0.2, 0) is 14.3 Å². The van der Waals surface area contributed by atoms with E-state index in [4.69, 9.17) is 4.74 Å². The molecule has 2 N–H and O–H groups in total. The number of piperidine rings is 1. The number of carbonyl (C=O) groups is 2. The number of likely N-dealkylation sites (tertiary alicyclic amines) is 1. The number of nitro groups is 1. The minimum Gasteiger partial charge on any atom is -0.381 e. The first kappa shape index (κ1) is 21.2. The van der Waals surface area contributed by atoms with E-state index in [1.807, 2.05) is 0 Å². The van der Waals surface area contributed by atoms with Crippen molar-refractivity contribution in [3.63, 3.8) is 0 Å². The zero-order valence-corrected chi connectivity index (χ0v) is 16.7. The van der Waals surface area contributed by atoms with Crippen LogP contribution in [0.1, 0.15) is 31.2 Å². The van der Waals surface area contributed by atoms with Crippen molar-refractivity contribution in [3.8, 4) is 0 Å². The molecule has 158 valence electrons. The van der Waals surface area contributed by atoms with Crippen LogP contribution in [0.5, 0.6) is 0 Å². The molecule has 3 rings (SSSR count). The maximum atomic E-state index is 12.1. The van der Waals surface area contributed by atoms with Crippen molar-refractivity contribution < 1.29 is 19.2 Å².